The van der Waals surface area contributed by atoms with Crippen molar-refractivity contribution in [1.29, 1.82) is 0 Å². The molecular formula is C17H12F3NO4S. The lowest BCUT2D eigenvalue weighted by Gasteiger charge is -2.14. The average Bonchev–Trinajstić information content (AvgIpc) is 2.58. The van der Waals surface area contributed by atoms with Gasteiger partial charge in [-0.2, -0.15) is 21.6 Å². The fourth-order valence-electron chi connectivity index (χ4n) is 2.59. The molecule has 9 heteroatoms. The van der Waals surface area contributed by atoms with Crippen LogP contribution in [0.1, 0.15) is 5.56 Å². The summed E-state index contributed by atoms with van der Waals surface area (Å²) < 4.78 is 75.5. The van der Waals surface area contributed by atoms with Crippen LogP contribution in [0.3, 0.4) is 0 Å². The van der Waals surface area contributed by atoms with Gasteiger partial charge in [0.25, 0.3) is 10.1 Å². The van der Waals surface area contributed by atoms with Crippen molar-refractivity contribution in [2.75, 3.05) is 7.11 Å². The van der Waals surface area contributed by atoms with E-state index in [4.69, 9.17) is 9.29 Å². The van der Waals surface area contributed by atoms with Crippen LogP contribution in [-0.2, 0) is 16.3 Å². The number of pyridine rings is 1. The minimum atomic E-state index is -4.51. The fourth-order valence-corrected chi connectivity index (χ4v) is 3.11. The maximum absolute atomic E-state index is 12.9. The van der Waals surface area contributed by atoms with Gasteiger partial charge in [0, 0.05) is 17.1 Å². The highest BCUT2D eigenvalue weighted by Crippen LogP contribution is 2.38. The minimum Gasteiger partial charge on any atom is -0.496 e. The Morgan fingerprint density at radius 2 is 1.81 bits per heavy atom. The minimum absolute atomic E-state index is 0.0151. The Morgan fingerprint density at radius 3 is 2.42 bits per heavy atom. The zero-order valence-electron chi connectivity index (χ0n) is 13.3. The summed E-state index contributed by atoms with van der Waals surface area (Å²) in [6.45, 7) is 0. The van der Waals surface area contributed by atoms with Crippen molar-refractivity contribution >= 4 is 20.9 Å². The van der Waals surface area contributed by atoms with Crippen molar-refractivity contribution in [1.82, 2.24) is 4.98 Å². The molecule has 1 N–H and O–H groups in total. The predicted molar refractivity (Wildman–Crippen MR) is 88.5 cm³/mol. The number of ether oxygens (including phenoxy) is 1. The molecule has 26 heavy (non-hydrogen) atoms. The monoisotopic (exact) mass is 383 g/mol. The van der Waals surface area contributed by atoms with Crippen molar-refractivity contribution in [3.8, 4) is 17.0 Å². The topological polar surface area (TPSA) is 76.5 Å². The Bertz CT molecular complexity index is 1090. The van der Waals surface area contributed by atoms with Crippen LogP contribution >= 0.6 is 0 Å². The molecule has 0 aliphatic heterocycles. The van der Waals surface area contributed by atoms with Crippen LogP contribution in [0.25, 0.3) is 22.0 Å². The Labute approximate surface area is 146 Å². The second-order valence-electron chi connectivity index (χ2n) is 5.43. The first-order chi connectivity index (χ1) is 12.1. The summed E-state index contributed by atoms with van der Waals surface area (Å²) in [6, 6.07) is 8.46. The van der Waals surface area contributed by atoms with Gasteiger partial charge >= 0.3 is 6.18 Å². The van der Waals surface area contributed by atoms with Crippen molar-refractivity contribution in [3.05, 3.63) is 54.2 Å². The van der Waals surface area contributed by atoms with E-state index in [1.54, 1.807) is 0 Å². The molecule has 1 aromatic heterocycles. The number of hydrogen-bond acceptors (Lipinski definition) is 4. The lowest BCUT2D eigenvalue weighted by molar-refractivity contribution is -0.137. The number of fused-ring (bicyclic) bond motifs is 1. The number of alkyl halides is 3. The smallest absolute Gasteiger partial charge is 0.416 e. The van der Waals surface area contributed by atoms with Gasteiger partial charge in [-0.05, 0) is 41.8 Å². The molecule has 5 nitrogen and oxygen atoms in total. The standard InChI is InChI=1S/C17H12F3NO4S/c1-25-15-9-11(17(18,19)20)2-4-14(15)16-13-5-3-12(26(22,23)24)8-10(13)6-7-21-16/h2-9H,1H3,(H,22,23,24). The summed E-state index contributed by atoms with van der Waals surface area (Å²) in [5.74, 6) is -0.0151. The SMILES string of the molecule is COc1cc(C(F)(F)F)ccc1-c1nccc2cc(S(=O)(=O)O)ccc12. The third kappa shape index (κ3) is 3.35. The van der Waals surface area contributed by atoms with Crippen molar-refractivity contribution in [3.63, 3.8) is 0 Å². The molecule has 3 rings (SSSR count). The Balaban J connectivity index is 2.23. The molecule has 0 amide bonds. The Hall–Kier alpha value is -2.65. The largest absolute Gasteiger partial charge is 0.496 e. The highest BCUT2D eigenvalue weighted by Gasteiger charge is 2.31. The number of rotatable bonds is 3. The second kappa shape index (κ2) is 6.26. The van der Waals surface area contributed by atoms with Gasteiger partial charge in [0.1, 0.15) is 5.75 Å². The number of halogens is 3. The molecule has 0 atom stereocenters. The molecule has 2 aromatic carbocycles. The Morgan fingerprint density at radius 1 is 1.08 bits per heavy atom. The van der Waals surface area contributed by atoms with Gasteiger partial charge in [0.2, 0.25) is 0 Å². The lowest BCUT2D eigenvalue weighted by Crippen LogP contribution is -2.05. The maximum atomic E-state index is 12.9. The van der Waals surface area contributed by atoms with E-state index >= 15 is 0 Å². The van der Waals surface area contributed by atoms with Crippen molar-refractivity contribution in [2.24, 2.45) is 0 Å². The predicted octanol–water partition coefficient (Wildman–Crippen LogP) is 4.18. The molecule has 0 aliphatic carbocycles. The quantitative estimate of drug-likeness (QED) is 0.687. The zero-order valence-corrected chi connectivity index (χ0v) is 14.1. The summed E-state index contributed by atoms with van der Waals surface area (Å²) in [5, 5.41) is 0.949. The van der Waals surface area contributed by atoms with Gasteiger partial charge in [-0.15, -0.1) is 0 Å². The van der Waals surface area contributed by atoms with Crippen LogP contribution in [0.2, 0.25) is 0 Å². The van der Waals surface area contributed by atoms with E-state index in [0.29, 0.717) is 22.0 Å². The van der Waals surface area contributed by atoms with Crippen LogP contribution in [-0.4, -0.2) is 25.1 Å². The molecule has 136 valence electrons. The number of methoxy groups -OCH3 is 1. The van der Waals surface area contributed by atoms with Gasteiger partial charge < -0.3 is 4.74 Å². The van der Waals surface area contributed by atoms with Crippen LogP contribution in [0, 0.1) is 0 Å². The summed E-state index contributed by atoms with van der Waals surface area (Å²) in [5.41, 5.74) is -0.201. The number of hydrogen-bond donors (Lipinski definition) is 1. The van der Waals surface area contributed by atoms with Crippen LogP contribution in [0.4, 0.5) is 13.2 Å². The average molecular weight is 383 g/mol. The Kier molecular flexibility index (Phi) is 4.37. The molecule has 0 radical (unpaired) electrons. The highest BCUT2D eigenvalue weighted by atomic mass is 32.2. The van der Waals surface area contributed by atoms with Gasteiger partial charge in [-0.25, -0.2) is 0 Å². The molecule has 0 fully saturated rings. The molecule has 1 heterocycles. The summed E-state index contributed by atoms with van der Waals surface area (Å²) >= 11 is 0. The van der Waals surface area contributed by atoms with E-state index in [1.807, 2.05) is 0 Å². The van der Waals surface area contributed by atoms with Crippen molar-refractivity contribution in [2.45, 2.75) is 11.1 Å². The highest BCUT2D eigenvalue weighted by molar-refractivity contribution is 7.85. The van der Waals surface area contributed by atoms with E-state index in [-0.39, 0.29) is 10.6 Å². The second-order valence-corrected chi connectivity index (χ2v) is 6.85. The lowest BCUT2D eigenvalue weighted by atomic mass is 10.0. The number of nitrogens with zero attached hydrogens (tertiary/aromatic N) is 1. The first-order valence-electron chi connectivity index (χ1n) is 7.23. The number of aromatic nitrogens is 1. The normalized spacial score (nSPS) is 12.3. The fraction of sp³-hybridized carbons (Fsp3) is 0.118. The van der Waals surface area contributed by atoms with Gasteiger partial charge in [0.15, 0.2) is 0 Å². The van der Waals surface area contributed by atoms with E-state index in [0.717, 1.165) is 12.1 Å². The zero-order chi connectivity index (χ0) is 19.1. The van der Waals surface area contributed by atoms with Gasteiger partial charge in [0.05, 0.1) is 23.3 Å². The summed E-state index contributed by atoms with van der Waals surface area (Å²) in [4.78, 5) is 3.91. The molecular weight excluding hydrogens is 371 g/mol. The maximum Gasteiger partial charge on any atom is 0.416 e. The molecule has 3 aromatic rings. The van der Waals surface area contributed by atoms with Crippen LogP contribution in [0.15, 0.2) is 53.6 Å². The van der Waals surface area contributed by atoms with Crippen LogP contribution < -0.4 is 4.74 Å². The molecule has 0 saturated carbocycles. The molecule has 0 bridgehead atoms. The third-order valence-corrected chi connectivity index (χ3v) is 4.67. The summed E-state index contributed by atoms with van der Waals surface area (Å²) in [7, 11) is -3.13. The van der Waals surface area contributed by atoms with E-state index in [2.05, 4.69) is 4.98 Å². The van der Waals surface area contributed by atoms with Gasteiger partial charge in [-0.3, -0.25) is 9.54 Å². The molecule has 0 unspecified atom stereocenters. The third-order valence-electron chi connectivity index (χ3n) is 3.82. The van der Waals surface area contributed by atoms with E-state index in [9.17, 15) is 21.6 Å². The molecule has 0 spiro atoms. The van der Waals surface area contributed by atoms with Crippen molar-refractivity contribution < 1.29 is 30.9 Å². The van der Waals surface area contributed by atoms with Gasteiger partial charge in [-0.1, -0.05) is 6.07 Å². The molecule has 0 saturated heterocycles. The first-order valence-corrected chi connectivity index (χ1v) is 8.67. The first kappa shape index (κ1) is 18.2. The van der Waals surface area contributed by atoms with Crippen LogP contribution in [0.5, 0.6) is 5.75 Å². The number of benzene rings is 2. The van der Waals surface area contributed by atoms with E-state index in [1.165, 1.54) is 43.6 Å². The van der Waals surface area contributed by atoms with E-state index < -0.39 is 21.9 Å². The molecule has 0 aliphatic rings. The summed E-state index contributed by atoms with van der Waals surface area (Å²) in [6.07, 6.45) is -3.12.